The highest BCUT2D eigenvalue weighted by atomic mass is 35.5. The zero-order chi connectivity index (χ0) is 32.3. The molecule has 1 fully saturated rings. The number of halogens is 1. The minimum absolute atomic E-state index is 0. The van der Waals surface area contributed by atoms with E-state index in [-0.39, 0.29) is 47.1 Å². The van der Waals surface area contributed by atoms with Crippen LogP contribution in [0.3, 0.4) is 0 Å². The lowest BCUT2D eigenvalue weighted by Crippen LogP contribution is -2.48. The Morgan fingerprint density at radius 3 is 2.28 bits per heavy atom. The SMILES string of the molecule is Cc1ccc(S(=O)(=O)N(C)C)cc1-c1ccc(C[C@H](NC(=O)C2CCC(CN)CC2)C(=O)Nc2ccc3[nH]c(=O)[nH]c3c2)cc1.Cl. The van der Waals surface area contributed by atoms with Crippen LogP contribution in [-0.2, 0) is 26.0 Å². The molecule has 3 aromatic carbocycles. The minimum Gasteiger partial charge on any atom is -0.344 e. The number of aryl methyl sites for hydroxylation is 1. The number of aromatic amines is 2. The fourth-order valence-corrected chi connectivity index (χ4v) is 6.77. The number of hydrogen-bond donors (Lipinski definition) is 5. The molecule has 0 radical (unpaired) electrons. The molecule has 13 heteroatoms. The number of imidazole rings is 1. The van der Waals surface area contributed by atoms with Crippen molar-refractivity contribution in [2.75, 3.05) is 26.0 Å². The second-order valence-corrected chi connectivity index (χ2v) is 14.2. The fraction of sp³-hybridized carbons (Fsp3) is 0.364. The van der Waals surface area contributed by atoms with Crippen LogP contribution >= 0.6 is 12.4 Å². The average molecular weight is 669 g/mol. The normalized spacial score (nSPS) is 17.3. The maximum Gasteiger partial charge on any atom is 0.323 e. The lowest BCUT2D eigenvalue weighted by atomic mass is 9.81. The van der Waals surface area contributed by atoms with Gasteiger partial charge < -0.3 is 26.3 Å². The number of carbonyl (C=O) groups is 2. The van der Waals surface area contributed by atoms with Crippen molar-refractivity contribution in [3.63, 3.8) is 0 Å². The molecule has 2 amide bonds. The zero-order valence-corrected chi connectivity index (χ0v) is 27.8. The monoisotopic (exact) mass is 668 g/mol. The molecule has 11 nitrogen and oxygen atoms in total. The summed E-state index contributed by atoms with van der Waals surface area (Å²) in [6.45, 7) is 2.54. The van der Waals surface area contributed by atoms with Crippen molar-refractivity contribution < 1.29 is 18.0 Å². The van der Waals surface area contributed by atoms with Gasteiger partial charge in [0.15, 0.2) is 0 Å². The Balaban J connectivity index is 0.00000480. The number of nitrogens with one attached hydrogen (secondary N) is 4. The standard InChI is InChI=1S/C33H40N6O5S.ClH/c1-20-4-14-26(45(43,44)39(2)3)18-27(20)23-9-5-21(6-10-23)16-30(36-31(40)24-11-7-22(19-34)8-12-24)32(41)35-25-13-15-28-29(17-25)38-33(42)37-28;/h4-6,9-10,13-15,17-18,22,24,30H,7-8,11-12,16,19,34H2,1-3H3,(H,35,41)(H,36,40)(H2,37,38,42);1H/t22?,24?,30-;/m0./s1. The van der Waals surface area contributed by atoms with Crippen molar-refractivity contribution in [1.29, 1.82) is 0 Å². The number of nitrogens with two attached hydrogens (primary N) is 1. The summed E-state index contributed by atoms with van der Waals surface area (Å²) in [5.41, 5.74) is 10.5. The summed E-state index contributed by atoms with van der Waals surface area (Å²) >= 11 is 0. The van der Waals surface area contributed by atoms with E-state index in [0.29, 0.717) is 29.2 Å². The van der Waals surface area contributed by atoms with Crippen LogP contribution in [0, 0.1) is 18.8 Å². The van der Waals surface area contributed by atoms with Crippen LogP contribution in [0.15, 0.2) is 70.4 Å². The molecule has 4 aromatic rings. The number of nitrogens with zero attached hydrogens (tertiary/aromatic N) is 1. The molecular formula is C33H41ClN6O5S. The molecule has 1 heterocycles. The van der Waals surface area contributed by atoms with Crippen LogP contribution in [0.2, 0.25) is 0 Å². The van der Waals surface area contributed by atoms with Crippen LogP contribution < -0.4 is 22.1 Å². The van der Waals surface area contributed by atoms with Crippen molar-refractivity contribution >= 4 is 51.0 Å². The second-order valence-electron chi connectivity index (χ2n) is 12.0. The summed E-state index contributed by atoms with van der Waals surface area (Å²) in [6.07, 6.45) is 3.48. The van der Waals surface area contributed by atoms with E-state index >= 15 is 0 Å². The van der Waals surface area contributed by atoms with Gasteiger partial charge in [-0.1, -0.05) is 30.3 Å². The van der Waals surface area contributed by atoms with E-state index in [0.717, 1.165) is 47.9 Å². The second kappa shape index (κ2) is 14.6. The summed E-state index contributed by atoms with van der Waals surface area (Å²) in [7, 11) is -0.598. The Morgan fingerprint density at radius 2 is 1.63 bits per heavy atom. The largest absolute Gasteiger partial charge is 0.344 e. The zero-order valence-electron chi connectivity index (χ0n) is 26.1. The molecule has 46 heavy (non-hydrogen) atoms. The van der Waals surface area contributed by atoms with Crippen LogP contribution in [0.1, 0.15) is 36.8 Å². The predicted molar refractivity (Wildman–Crippen MR) is 182 cm³/mol. The lowest BCUT2D eigenvalue weighted by Gasteiger charge is -2.28. The Labute approximate surface area is 274 Å². The maximum atomic E-state index is 13.6. The number of carbonyl (C=O) groups excluding carboxylic acids is 2. The summed E-state index contributed by atoms with van der Waals surface area (Å²) in [5.74, 6) is -0.283. The first-order valence-electron chi connectivity index (χ1n) is 15.1. The van der Waals surface area contributed by atoms with Gasteiger partial charge in [0.1, 0.15) is 6.04 Å². The highest BCUT2D eigenvalue weighted by molar-refractivity contribution is 7.89. The number of anilines is 1. The number of benzene rings is 3. The van der Waals surface area contributed by atoms with Gasteiger partial charge >= 0.3 is 5.69 Å². The molecule has 6 N–H and O–H groups in total. The summed E-state index contributed by atoms with van der Waals surface area (Å²) in [5, 5.41) is 5.90. The van der Waals surface area contributed by atoms with Crippen LogP contribution in [0.4, 0.5) is 5.69 Å². The molecule has 0 spiro atoms. The lowest BCUT2D eigenvalue weighted by molar-refractivity contribution is -0.130. The molecule has 1 aromatic heterocycles. The van der Waals surface area contributed by atoms with Crippen LogP contribution in [0.5, 0.6) is 0 Å². The summed E-state index contributed by atoms with van der Waals surface area (Å²) < 4.78 is 26.6. The Morgan fingerprint density at radius 1 is 0.957 bits per heavy atom. The van der Waals surface area contributed by atoms with Crippen molar-refractivity contribution in [2.45, 2.75) is 50.0 Å². The Hall–Kier alpha value is -3.97. The van der Waals surface area contributed by atoms with Gasteiger partial charge in [0, 0.05) is 32.1 Å². The molecule has 0 aliphatic heterocycles. The molecule has 246 valence electrons. The third kappa shape index (κ3) is 7.87. The van der Waals surface area contributed by atoms with Crippen LogP contribution in [-0.4, -0.2) is 61.2 Å². The molecule has 0 unspecified atom stereocenters. The van der Waals surface area contributed by atoms with E-state index in [1.54, 1.807) is 36.4 Å². The van der Waals surface area contributed by atoms with E-state index in [2.05, 4.69) is 20.6 Å². The van der Waals surface area contributed by atoms with Gasteiger partial charge in [-0.2, -0.15) is 0 Å². The predicted octanol–water partition coefficient (Wildman–Crippen LogP) is 3.93. The van der Waals surface area contributed by atoms with Gasteiger partial charge in [-0.3, -0.25) is 9.59 Å². The van der Waals surface area contributed by atoms with Crippen molar-refractivity contribution in [3.8, 4) is 11.1 Å². The molecule has 5 rings (SSSR count). The van der Waals surface area contributed by atoms with E-state index in [9.17, 15) is 22.8 Å². The van der Waals surface area contributed by atoms with Gasteiger partial charge in [-0.15, -0.1) is 12.4 Å². The topological polar surface area (TPSA) is 170 Å². The number of sulfonamides is 1. The first kappa shape index (κ1) is 34.9. The molecule has 1 aliphatic rings. The third-order valence-corrected chi connectivity index (χ3v) is 10.5. The van der Waals surface area contributed by atoms with Gasteiger partial charge in [0.2, 0.25) is 21.8 Å². The van der Waals surface area contributed by atoms with Crippen LogP contribution in [0.25, 0.3) is 22.2 Å². The molecule has 0 bridgehead atoms. The quantitative estimate of drug-likeness (QED) is 0.171. The first-order chi connectivity index (χ1) is 21.4. The molecular weight excluding hydrogens is 628 g/mol. The first-order valence-corrected chi connectivity index (χ1v) is 16.5. The van der Waals surface area contributed by atoms with E-state index in [4.69, 9.17) is 5.73 Å². The molecule has 0 saturated heterocycles. The number of amides is 2. The highest BCUT2D eigenvalue weighted by Gasteiger charge is 2.29. The third-order valence-electron chi connectivity index (χ3n) is 8.66. The highest BCUT2D eigenvalue weighted by Crippen LogP contribution is 2.30. The molecule has 1 atom stereocenters. The van der Waals surface area contributed by atoms with Gasteiger partial charge in [0.25, 0.3) is 0 Å². The Kier molecular flexibility index (Phi) is 11.1. The fourth-order valence-electron chi connectivity index (χ4n) is 5.84. The smallest absolute Gasteiger partial charge is 0.323 e. The Bertz CT molecular complexity index is 1860. The number of aromatic nitrogens is 2. The van der Waals surface area contributed by atoms with Gasteiger partial charge in [-0.05, 0) is 97.7 Å². The molecule has 1 saturated carbocycles. The van der Waals surface area contributed by atoms with Gasteiger partial charge in [-0.25, -0.2) is 17.5 Å². The number of rotatable bonds is 10. The van der Waals surface area contributed by atoms with E-state index in [1.165, 1.54) is 18.4 Å². The summed E-state index contributed by atoms with van der Waals surface area (Å²) in [4.78, 5) is 44.2. The maximum absolute atomic E-state index is 13.6. The average Bonchev–Trinajstić information content (AvgIpc) is 3.40. The number of hydrogen-bond acceptors (Lipinski definition) is 6. The molecule has 1 aliphatic carbocycles. The van der Waals surface area contributed by atoms with Gasteiger partial charge in [0.05, 0.1) is 15.9 Å². The summed E-state index contributed by atoms with van der Waals surface area (Å²) in [6, 6.07) is 16.8. The number of fused-ring (bicyclic) bond motifs is 1. The van der Waals surface area contributed by atoms with Crippen molar-refractivity contribution in [1.82, 2.24) is 19.6 Å². The van der Waals surface area contributed by atoms with Crippen molar-refractivity contribution in [3.05, 3.63) is 82.3 Å². The minimum atomic E-state index is -3.60. The number of H-pyrrole nitrogens is 2. The van der Waals surface area contributed by atoms with E-state index < -0.39 is 16.1 Å². The van der Waals surface area contributed by atoms with Crippen molar-refractivity contribution in [2.24, 2.45) is 17.6 Å². The van der Waals surface area contributed by atoms with E-state index in [1.807, 2.05) is 31.2 Å².